The summed E-state index contributed by atoms with van der Waals surface area (Å²) >= 11 is 0. The first-order valence-corrected chi connectivity index (χ1v) is 5.59. The van der Waals surface area contributed by atoms with E-state index in [9.17, 15) is 0 Å². The van der Waals surface area contributed by atoms with Crippen molar-refractivity contribution in [3.8, 4) is 0 Å². The molecule has 3 nitrogen and oxygen atoms in total. The molecule has 1 N–H and O–H groups in total. The van der Waals surface area contributed by atoms with Gasteiger partial charge in [0.2, 0.25) is 0 Å². The molecule has 0 saturated heterocycles. The molecule has 0 aromatic carbocycles. The van der Waals surface area contributed by atoms with Crippen molar-refractivity contribution in [1.29, 1.82) is 0 Å². The fourth-order valence-corrected chi connectivity index (χ4v) is 1.41. The van der Waals surface area contributed by atoms with E-state index in [1.165, 1.54) is 12.8 Å². The van der Waals surface area contributed by atoms with Crippen LogP contribution in [0.15, 0.2) is 0 Å². The van der Waals surface area contributed by atoms with Crippen LogP contribution in [0.5, 0.6) is 0 Å². The number of rotatable bonds is 10. The normalized spacial score (nSPS) is 11.1. The number of nitrogens with zero attached hydrogens (tertiary/aromatic N) is 1. The highest BCUT2D eigenvalue weighted by Gasteiger charge is 1.97. The maximum atomic E-state index is 8.60. The van der Waals surface area contributed by atoms with Crippen molar-refractivity contribution in [2.24, 2.45) is 0 Å². The van der Waals surface area contributed by atoms with Gasteiger partial charge in [-0.1, -0.05) is 0 Å². The number of ether oxygens (including phenoxy) is 1. The maximum absolute atomic E-state index is 8.60. The molecule has 0 unspecified atom stereocenters. The Balaban J connectivity index is 3.07. The first-order chi connectivity index (χ1) is 6.81. The third kappa shape index (κ3) is 9.96. The van der Waals surface area contributed by atoms with Crippen molar-refractivity contribution in [3.05, 3.63) is 0 Å². The highest BCUT2D eigenvalue weighted by atomic mass is 16.5. The molecule has 0 amide bonds. The molecule has 0 fully saturated rings. The van der Waals surface area contributed by atoms with Gasteiger partial charge in [-0.05, 0) is 52.2 Å². The van der Waals surface area contributed by atoms with Gasteiger partial charge in [-0.15, -0.1) is 0 Å². The van der Waals surface area contributed by atoms with Crippen molar-refractivity contribution >= 4 is 0 Å². The second kappa shape index (κ2) is 11.0. The van der Waals surface area contributed by atoms with E-state index in [0.717, 1.165) is 39.0 Å². The number of unbranched alkanes of at least 4 members (excludes halogenated alkanes) is 3. The molecule has 86 valence electrons. The first-order valence-electron chi connectivity index (χ1n) is 5.59. The lowest BCUT2D eigenvalue weighted by atomic mass is 10.2. The Morgan fingerprint density at radius 3 is 2.21 bits per heavy atom. The van der Waals surface area contributed by atoms with Crippen LogP contribution in [0.3, 0.4) is 0 Å². The van der Waals surface area contributed by atoms with Crippen molar-refractivity contribution in [3.63, 3.8) is 0 Å². The lowest BCUT2D eigenvalue weighted by Crippen LogP contribution is -2.21. The van der Waals surface area contributed by atoms with E-state index >= 15 is 0 Å². The number of hydrogen-bond donors (Lipinski definition) is 1. The van der Waals surface area contributed by atoms with E-state index in [1.54, 1.807) is 7.11 Å². The van der Waals surface area contributed by atoms with E-state index in [1.807, 2.05) is 0 Å². The standard InChI is InChI=1S/C11H25NO2/c1-12(8-4-3-6-10-13)9-5-7-11-14-2/h13H,3-11H2,1-2H3. The van der Waals surface area contributed by atoms with Gasteiger partial charge in [0, 0.05) is 20.3 Å². The molecule has 14 heavy (non-hydrogen) atoms. The summed E-state index contributed by atoms with van der Waals surface area (Å²) in [7, 11) is 3.91. The van der Waals surface area contributed by atoms with E-state index in [4.69, 9.17) is 9.84 Å². The molecule has 0 aliphatic carbocycles. The molecule has 0 spiro atoms. The summed E-state index contributed by atoms with van der Waals surface area (Å²) in [4.78, 5) is 2.35. The first kappa shape index (κ1) is 13.9. The van der Waals surface area contributed by atoms with Gasteiger partial charge in [-0.25, -0.2) is 0 Å². The highest BCUT2D eigenvalue weighted by Crippen LogP contribution is 1.98. The zero-order valence-electron chi connectivity index (χ0n) is 9.67. The van der Waals surface area contributed by atoms with Crippen molar-refractivity contribution < 1.29 is 9.84 Å². The van der Waals surface area contributed by atoms with Crippen LogP contribution < -0.4 is 0 Å². The third-order valence-corrected chi connectivity index (χ3v) is 2.34. The van der Waals surface area contributed by atoms with Crippen LogP contribution in [0.25, 0.3) is 0 Å². The largest absolute Gasteiger partial charge is 0.396 e. The Bertz CT molecular complexity index is 97.5. The maximum Gasteiger partial charge on any atom is 0.0462 e. The molecule has 0 bridgehead atoms. The van der Waals surface area contributed by atoms with Crippen LogP contribution in [0.1, 0.15) is 32.1 Å². The molecular weight excluding hydrogens is 178 g/mol. The quantitative estimate of drug-likeness (QED) is 0.546. The van der Waals surface area contributed by atoms with Crippen LogP contribution >= 0.6 is 0 Å². The Morgan fingerprint density at radius 2 is 1.64 bits per heavy atom. The van der Waals surface area contributed by atoms with Gasteiger partial charge in [0.15, 0.2) is 0 Å². The molecule has 0 aliphatic rings. The number of aliphatic hydroxyl groups is 1. The van der Waals surface area contributed by atoms with E-state index in [0.29, 0.717) is 6.61 Å². The molecule has 0 aliphatic heterocycles. The molecule has 3 heteroatoms. The number of hydrogen-bond acceptors (Lipinski definition) is 3. The van der Waals surface area contributed by atoms with E-state index < -0.39 is 0 Å². The molecule has 0 saturated carbocycles. The monoisotopic (exact) mass is 203 g/mol. The number of methoxy groups -OCH3 is 1. The molecule has 0 aromatic heterocycles. The smallest absolute Gasteiger partial charge is 0.0462 e. The average molecular weight is 203 g/mol. The summed E-state index contributed by atoms with van der Waals surface area (Å²) < 4.78 is 4.99. The van der Waals surface area contributed by atoms with Crippen molar-refractivity contribution in [2.75, 3.05) is 40.5 Å². The van der Waals surface area contributed by atoms with Crippen LogP contribution in [0, 0.1) is 0 Å². The summed E-state index contributed by atoms with van der Waals surface area (Å²) in [5.74, 6) is 0. The minimum Gasteiger partial charge on any atom is -0.396 e. The van der Waals surface area contributed by atoms with Gasteiger partial charge in [-0.2, -0.15) is 0 Å². The predicted molar refractivity (Wildman–Crippen MR) is 59.5 cm³/mol. The second-order valence-corrected chi connectivity index (χ2v) is 3.79. The number of aliphatic hydroxyl groups excluding tert-OH is 1. The van der Waals surface area contributed by atoms with Gasteiger partial charge in [0.1, 0.15) is 0 Å². The van der Waals surface area contributed by atoms with Gasteiger partial charge in [-0.3, -0.25) is 0 Å². The molecule has 0 atom stereocenters. The summed E-state index contributed by atoms with van der Waals surface area (Å²) in [6.45, 7) is 3.51. The minimum atomic E-state index is 0.331. The van der Waals surface area contributed by atoms with Crippen molar-refractivity contribution in [2.45, 2.75) is 32.1 Å². The van der Waals surface area contributed by atoms with E-state index in [2.05, 4.69) is 11.9 Å². The molecule has 0 radical (unpaired) electrons. The molecular formula is C11H25NO2. The minimum absolute atomic E-state index is 0.331. The van der Waals surface area contributed by atoms with Gasteiger partial charge >= 0.3 is 0 Å². The van der Waals surface area contributed by atoms with Crippen LogP contribution in [0.4, 0.5) is 0 Å². The molecule has 0 aromatic rings. The lowest BCUT2D eigenvalue weighted by molar-refractivity contribution is 0.187. The molecule has 0 rings (SSSR count). The Kier molecular flexibility index (Phi) is 10.9. The summed E-state index contributed by atoms with van der Waals surface area (Å²) in [6, 6.07) is 0. The van der Waals surface area contributed by atoms with Crippen LogP contribution in [0.2, 0.25) is 0 Å². The Morgan fingerprint density at radius 1 is 1.00 bits per heavy atom. The van der Waals surface area contributed by atoms with Crippen LogP contribution in [-0.4, -0.2) is 50.5 Å². The fraction of sp³-hybridized carbons (Fsp3) is 1.00. The Hall–Kier alpha value is -0.120. The Labute approximate surface area is 88.1 Å². The topological polar surface area (TPSA) is 32.7 Å². The van der Waals surface area contributed by atoms with Crippen LogP contribution in [-0.2, 0) is 4.74 Å². The summed E-state index contributed by atoms with van der Waals surface area (Å²) in [5, 5.41) is 8.60. The summed E-state index contributed by atoms with van der Waals surface area (Å²) in [6.07, 6.45) is 5.64. The van der Waals surface area contributed by atoms with Crippen molar-refractivity contribution in [1.82, 2.24) is 4.90 Å². The van der Waals surface area contributed by atoms with Gasteiger partial charge < -0.3 is 14.7 Å². The SMILES string of the molecule is COCCCCN(C)CCCCCO. The van der Waals surface area contributed by atoms with E-state index in [-0.39, 0.29) is 0 Å². The predicted octanol–water partition coefficient (Wildman–Crippen LogP) is 1.51. The lowest BCUT2D eigenvalue weighted by Gasteiger charge is -2.15. The third-order valence-electron chi connectivity index (χ3n) is 2.34. The zero-order chi connectivity index (χ0) is 10.6. The van der Waals surface area contributed by atoms with Gasteiger partial charge in [0.25, 0.3) is 0 Å². The highest BCUT2D eigenvalue weighted by molar-refractivity contribution is 4.52. The summed E-state index contributed by atoms with van der Waals surface area (Å²) in [5.41, 5.74) is 0. The fourth-order valence-electron chi connectivity index (χ4n) is 1.41. The average Bonchev–Trinajstić information content (AvgIpc) is 2.19. The van der Waals surface area contributed by atoms with Gasteiger partial charge in [0.05, 0.1) is 0 Å². The molecule has 0 heterocycles. The zero-order valence-corrected chi connectivity index (χ0v) is 9.67. The second-order valence-electron chi connectivity index (χ2n) is 3.79.